The monoisotopic (exact) mass is 369 g/mol. The number of carboxylic acid groups (broad SMARTS) is 1. The average Bonchev–Trinajstić information content (AvgIpc) is 2.68. The van der Waals surface area contributed by atoms with Crippen molar-refractivity contribution < 1.29 is 24.2 Å². The Balaban J connectivity index is 1.95. The van der Waals surface area contributed by atoms with Gasteiger partial charge in [0.1, 0.15) is 11.3 Å². The second-order valence-corrected chi connectivity index (χ2v) is 5.57. The summed E-state index contributed by atoms with van der Waals surface area (Å²) in [6, 6.07) is 13.2. The van der Waals surface area contributed by atoms with Crippen LogP contribution in [0.2, 0.25) is 0 Å². The summed E-state index contributed by atoms with van der Waals surface area (Å²) in [6.07, 6.45) is 1.23. The molecule has 0 saturated heterocycles. The molecule has 3 N–H and O–H groups in total. The lowest BCUT2D eigenvalue weighted by Gasteiger charge is -2.13. The second kappa shape index (κ2) is 9.14. The number of nitrogens with zero attached hydrogens (tertiary/aromatic N) is 1. The van der Waals surface area contributed by atoms with Crippen LogP contribution in [0, 0.1) is 0 Å². The van der Waals surface area contributed by atoms with E-state index in [0.29, 0.717) is 5.56 Å². The van der Waals surface area contributed by atoms with Crippen molar-refractivity contribution in [3.63, 3.8) is 0 Å². The standard InChI is InChI=1S/C19H19N3O5/c1-12(14-6-4-3-5-7-14)21-17(23)18(24)22-20-11-13-8-9-16(27-2)15(10-13)19(25)26/h3-12H,1-2H3,(H,21,23)(H,22,24)(H,25,26)/b20-11-/t12-/m0/s1. The molecule has 0 aliphatic rings. The summed E-state index contributed by atoms with van der Waals surface area (Å²) in [5, 5.41) is 15.4. The van der Waals surface area contributed by atoms with E-state index < -0.39 is 17.8 Å². The maximum atomic E-state index is 11.9. The third-order valence-electron chi connectivity index (χ3n) is 3.69. The molecule has 2 aromatic rings. The van der Waals surface area contributed by atoms with E-state index in [0.717, 1.165) is 5.56 Å². The van der Waals surface area contributed by atoms with Crippen molar-refractivity contribution in [1.29, 1.82) is 0 Å². The van der Waals surface area contributed by atoms with Crippen LogP contribution >= 0.6 is 0 Å². The minimum Gasteiger partial charge on any atom is -0.496 e. The van der Waals surface area contributed by atoms with E-state index in [4.69, 9.17) is 9.84 Å². The first-order valence-electron chi connectivity index (χ1n) is 8.02. The Morgan fingerprint density at radius 1 is 1.11 bits per heavy atom. The topological polar surface area (TPSA) is 117 Å². The number of nitrogens with one attached hydrogen (secondary N) is 2. The molecule has 0 aliphatic heterocycles. The van der Waals surface area contributed by atoms with Crippen LogP contribution in [0.1, 0.15) is 34.5 Å². The third-order valence-corrected chi connectivity index (χ3v) is 3.69. The minimum atomic E-state index is -1.15. The summed E-state index contributed by atoms with van der Waals surface area (Å²) in [7, 11) is 1.37. The number of carbonyl (C=O) groups excluding carboxylic acids is 2. The van der Waals surface area contributed by atoms with Gasteiger partial charge in [0.15, 0.2) is 0 Å². The lowest BCUT2D eigenvalue weighted by Crippen LogP contribution is -2.39. The van der Waals surface area contributed by atoms with Crippen LogP contribution < -0.4 is 15.5 Å². The second-order valence-electron chi connectivity index (χ2n) is 5.57. The number of hydrogen-bond acceptors (Lipinski definition) is 5. The Morgan fingerprint density at radius 3 is 2.44 bits per heavy atom. The number of aromatic carboxylic acids is 1. The summed E-state index contributed by atoms with van der Waals surface area (Å²) in [5.41, 5.74) is 3.35. The van der Waals surface area contributed by atoms with Crippen molar-refractivity contribution in [3.05, 3.63) is 65.2 Å². The maximum Gasteiger partial charge on any atom is 0.339 e. The molecular formula is C19H19N3O5. The Morgan fingerprint density at radius 2 is 1.81 bits per heavy atom. The summed E-state index contributed by atoms with van der Waals surface area (Å²) < 4.78 is 4.96. The third kappa shape index (κ3) is 5.40. The fraction of sp³-hybridized carbons (Fsp3) is 0.158. The largest absolute Gasteiger partial charge is 0.496 e. The minimum absolute atomic E-state index is 0.0396. The van der Waals surface area contributed by atoms with Crippen LogP contribution in [-0.4, -0.2) is 36.2 Å². The van der Waals surface area contributed by atoms with E-state index in [1.54, 1.807) is 13.0 Å². The maximum absolute atomic E-state index is 11.9. The smallest absolute Gasteiger partial charge is 0.339 e. The molecule has 0 unspecified atom stereocenters. The highest BCUT2D eigenvalue weighted by Gasteiger charge is 2.16. The number of hydrazone groups is 1. The molecule has 2 aromatic carbocycles. The Kier molecular flexibility index (Phi) is 6.65. The Hall–Kier alpha value is -3.68. The van der Waals surface area contributed by atoms with Crippen molar-refractivity contribution in [1.82, 2.24) is 10.7 Å². The number of amides is 2. The van der Waals surface area contributed by atoms with Crippen LogP contribution in [0.25, 0.3) is 0 Å². The molecule has 8 heteroatoms. The quantitative estimate of drug-likeness (QED) is 0.407. The zero-order chi connectivity index (χ0) is 19.8. The fourth-order valence-corrected chi connectivity index (χ4v) is 2.28. The zero-order valence-electron chi connectivity index (χ0n) is 14.8. The fourth-order valence-electron chi connectivity index (χ4n) is 2.28. The van der Waals surface area contributed by atoms with Gasteiger partial charge in [-0.15, -0.1) is 0 Å². The van der Waals surface area contributed by atoms with E-state index >= 15 is 0 Å². The van der Waals surface area contributed by atoms with Gasteiger partial charge in [0.25, 0.3) is 0 Å². The predicted molar refractivity (Wildman–Crippen MR) is 98.7 cm³/mol. The van der Waals surface area contributed by atoms with E-state index in [9.17, 15) is 14.4 Å². The van der Waals surface area contributed by atoms with Crippen molar-refractivity contribution >= 4 is 24.0 Å². The molecule has 140 valence electrons. The Bertz CT molecular complexity index is 865. The molecule has 2 amide bonds. The summed E-state index contributed by atoms with van der Waals surface area (Å²) in [6.45, 7) is 1.76. The van der Waals surface area contributed by atoms with Crippen molar-refractivity contribution in [2.45, 2.75) is 13.0 Å². The van der Waals surface area contributed by atoms with Gasteiger partial charge in [0.05, 0.1) is 19.4 Å². The van der Waals surface area contributed by atoms with Gasteiger partial charge in [-0.25, -0.2) is 10.2 Å². The number of carbonyl (C=O) groups is 3. The van der Waals surface area contributed by atoms with Crippen LogP contribution in [0.4, 0.5) is 0 Å². The zero-order valence-corrected chi connectivity index (χ0v) is 14.8. The lowest BCUT2D eigenvalue weighted by atomic mass is 10.1. The number of rotatable bonds is 6. The van der Waals surface area contributed by atoms with Gasteiger partial charge in [-0.1, -0.05) is 30.3 Å². The van der Waals surface area contributed by atoms with Crippen molar-refractivity contribution in [2.75, 3.05) is 7.11 Å². The van der Waals surface area contributed by atoms with Gasteiger partial charge < -0.3 is 15.2 Å². The van der Waals surface area contributed by atoms with Crippen LogP contribution in [0.15, 0.2) is 53.6 Å². The van der Waals surface area contributed by atoms with Gasteiger partial charge in [-0.05, 0) is 36.2 Å². The first kappa shape index (κ1) is 19.6. The summed E-state index contributed by atoms with van der Waals surface area (Å²) >= 11 is 0. The molecule has 27 heavy (non-hydrogen) atoms. The Labute approximate surface area is 155 Å². The molecule has 1 atom stereocenters. The molecule has 0 radical (unpaired) electrons. The lowest BCUT2D eigenvalue weighted by molar-refractivity contribution is -0.139. The summed E-state index contributed by atoms with van der Waals surface area (Å²) in [5.74, 6) is -2.70. The number of ether oxygens (including phenoxy) is 1. The normalized spacial score (nSPS) is 11.6. The van der Waals surface area contributed by atoms with E-state index in [2.05, 4.69) is 15.8 Å². The SMILES string of the molecule is COc1ccc(/C=N\NC(=O)C(=O)N[C@@H](C)c2ccccc2)cc1C(=O)O. The molecule has 0 aliphatic carbocycles. The van der Waals surface area contributed by atoms with E-state index in [1.165, 1.54) is 25.5 Å². The van der Waals surface area contributed by atoms with Gasteiger partial charge in [-0.2, -0.15) is 5.10 Å². The van der Waals surface area contributed by atoms with E-state index in [1.807, 2.05) is 30.3 Å². The predicted octanol–water partition coefficient (Wildman–Crippen LogP) is 1.72. The first-order chi connectivity index (χ1) is 12.9. The van der Waals surface area contributed by atoms with Crippen molar-refractivity contribution in [3.8, 4) is 5.75 Å². The van der Waals surface area contributed by atoms with Gasteiger partial charge in [-0.3, -0.25) is 9.59 Å². The number of methoxy groups -OCH3 is 1. The average molecular weight is 369 g/mol. The highest BCUT2D eigenvalue weighted by molar-refractivity contribution is 6.35. The molecule has 0 fully saturated rings. The van der Waals surface area contributed by atoms with Gasteiger partial charge in [0.2, 0.25) is 0 Å². The molecule has 0 heterocycles. The van der Waals surface area contributed by atoms with Crippen LogP contribution in [-0.2, 0) is 9.59 Å². The molecule has 2 rings (SSSR count). The van der Waals surface area contributed by atoms with Gasteiger partial charge >= 0.3 is 17.8 Å². The number of benzene rings is 2. The number of hydrogen-bond donors (Lipinski definition) is 3. The molecule has 0 bridgehead atoms. The molecule has 0 spiro atoms. The molecule has 0 aromatic heterocycles. The highest BCUT2D eigenvalue weighted by atomic mass is 16.5. The molecular weight excluding hydrogens is 350 g/mol. The van der Waals surface area contributed by atoms with Crippen LogP contribution in [0.3, 0.4) is 0 Å². The first-order valence-corrected chi connectivity index (χ1v) is 8.02. The van der Waals surface area contributed by atoms with Crippen LogP contribution in [0.5, 0.6) is 5.75 Å². The van der Waals surface area contributed by atoms with Crippen molar-refractivity contribution in [2.24, 2.45) is 5.10 Å². The van der Waals surface area contributed by atoms with E-state index in [-0.39, 0.29) is 17.4 Å². The summed E-state index contributed by atoms with van der Waals surface area (Å²) in [4.78, 5) is 34.9. The molecule has 8 nitrogen and oxygen atoms in total. The van der Waals surface area contributed by atoms with Gasteiger partial charge in [0, 0.05) is 0 Å². The molecule has 0 saturated carbocycles. The number of carboxylic acids is 1. The highest BCUT2D eigenvalue weighted by Crippen LogP contribution is 2.19.